The van der Waals surface area contributed by atoms with E-state index in [1.165, 1.54) is 0 Å². The zero-order valence-electron chi connectivity index (χ0n) is 14.9. The van der Waals surface area contributed by atoms with Crippen LogP contribution in [0.4, 0.5) is 23.0 Å². The number of benzene rings is 2. The van der Waals surface area contributed by atoms with Gasteiger partial charge in [0.15, 0.2) is 23.1 Å². The molecule has 12 nitrogen and oxygen atoms in total. The highest BCUT2D eigenvalue weighted by Crippen LogP contribution is 2.33. The first kappa shape index (κ1) is 21.3. The van der Waals surface area contributed by atoms with Gasteiger partial charge in [-0.25, -0.2) is 9.97 Å². The minimum Gasteiger partial charge on any atom is -0.382 e. The average molecular weight is 450 g/mol. The maximum Gasteiger partial charge on any atom is 0.296 e. The van der Waals surface area contributed by atoms with Crippen LogP contribution < -0.4 is 11.5 Å². The van der Waals surface area contributed by atoms with Crippen LogP contribution in [0, 0.1) is 0 Å². The van der Waals surface area contributed by atoms with Crippen molar-refractivity contribution in [2.75, 3.05) is 11.5 Å². The van der Waals surface area contributed by atoms with E-state index < -0.39 is 35.7 Å². The monoisotopic (exact) mass is 450 g/mol. The number of anilines is 2. The lowest BCUT2D eigenvalue weighted by molar-refractivity contribution is 0.478. The van der Waals surface area contributed by atoms with Gasteiger partial charge < -0.3 is 11.5 Å². The Kier molecular flexibility index (Phi) is 5.49. The minimum atomic E-state index is -4.79. The Hall–Kier alpha value is -3.46. The van der Waals surface area contributed by atoms with Crippen molar-refractivity contribution >= 4 is 43.2 Å². The first-order chi connectivity index (χ1) is 14.0. The molecule has 0 atom stereocenters. The minimum absolute atomic E-state index is 0.176. The summed E-state index contributed by atoms with van der Waals surface area (Å²) in [5.41, 5.74) is 11.6. The lowest BCUT2D eigenvalue weighted by Gasteiger charge is -2.07. The van der Waals surface area contributed by atoms with E-state index in [9.17, 15) is 21.4 Å². The average Bonchev–Trinajstić information content (AvgIpc) is 2.66. The van der Waals surface area contributed by atoms with Gasteiger partial charge in [0.1, 0.15) is 10.6 Å². The molecule has 1 heterocycles. The van der Waals surface area contributed by atoms with Crippen molar-refractivity contribution in [3.8, 4) is 11.4 Å². The molecule has 0 aliphatic rings. The standard InChI is InChI=1S/C16H14N6O6S2/c17-14-13(15(18)20-16(19-14)9-4-2-1-3-5-9)22-21-11-8-10(29(23,24)25)6-7-12(11)30(26,27)28/h1-8H,(H,23,24,25)(H,26,27,28)(H4,17,18,19,20). The molecular formula is C16H14N6O6S2. The zero-order valence-corrected chi connectivity index (χ0v) is 16.5. The summed E-state index contributed by atoms with van der Waals surface area (Å²) >= 11 is 0. The van der Waals surface area contributed by atoms with Crippen LogP contribution in [0.5, 0.6) is 0 Å². The Labute approximate surface area is 170 Å². The Morgan fingerprint density at radius 3 is 1.93 bits per heavy atom. The molecule has 0 unspecified atom stereocenters. The molecule has 0 radical (unpaired) electrons. The van der Waals surface area contributed by atoms with Gasteiger partial charge in [0.25, 0.3) is 20.2 Å². The highest BCUT2D eigenvalue weighted by atomic mass is 32.2. The van der Waals surface area contributed by atoms with Crippen LogP contribution in [0.2, 0.25) is 0 Å². The largest absolute Gasteiger partial charge is 0.382 e. The molecule has 30 heavy (non-hydrogen) atoms. The fourth-order valence-electron chi connectivity index (χ4n) is 2.37. The molecule has 0 aliphatic heterocycles. The van der Waals surface area contributed by atoms with E-state index in [1.807, 2.05) is 0 Å². The maximum atomic E-state index is 11.5. The molecule has 3 aromatic rings. The van der Waals surface area contributed by atoms with Gasteiger partial charge >= 0.3 is 0 Å². The second-order valence-electron chi connectivity index (χ2n) is 5.81. The molecule has 14 heteroatoms. The summed E-state index contributed by atoms with van der Waals surface area (Å²) in [5, 5.41) is 7.32. The van der Waals surface area contributed by atoms with E-state index >= 15 is 0 Å². The van der Waals surface area contributed by atoms with Crippen LogP contribution in [0.25, 0.3) is 11.4 Å². The summed E-state index contributed by atoms with van der Waals surface area (Å²) in [4.78, 5) is 6.73. The maximum absolute atomic E-state index is 11.5. The van der Waals surface area contributed by atoms with Crippen LogP contribution in [-0.4, -0.2) is 35.9 Å². The van der Waals surface area contributed by atoms with Gasteiger partial charge in [-0.3, -0.25) is 9.11 Å². The molecule has 0 amide bonds. The van der Waals surface area contributed by atoms with E-state index in [1.54, 1.807) is 30.3 Å². The molecule has 156 valence electrons. The topological polar surface area (TPSA) is 211 Å². The van der Waals surface area contributed by atoms with Crippen molar-refractivity contribution < 1.29 is 25.9 Å². The Morgan fingerprint density at radius 1 is 0.800 bits per heavy atom. The van der Waals surface area contributed by atoms with Gasteiger partial charge in [-0.05, 0) is 18.2 Å². The number of hydrogen-bond donors (Lipinski definition) is 4. The van der Waals surface area contributed by atoms with E-state index in [0.717, 1.165) is 12.1 Å². The van der Waals surface area contributed by atoms with E-state index in [4.69, 9.17) is 16.0 Å². The molecule has 0 saturated heterocycles. The van der Waals surface area contributed by atoms with Crippen molar-refractivity contribution in [1.82, 2.24) is 9.97 Å². The third kappa shape index (κ3) is 4.57. The molecule has 3 rings (SSSR count). The predicted molar refractivity (Wildman–Crippen MR) is 107 cm³/mol. The second-order valence-corrected chi connectivity index (χ2v) is 8.62. The van der Waals surface area contributed by atoms with Crippen LogP contribution >= 0.6 is 0 Å². The number of azo groups is 1. The van der Waals surface area contributed by atoms with Gasteiger partial charge in [-0.2, -0.15) is 16.8 Å². The molecule has 0 fully saturated rings. The molecule has 2 aromatic carbocycles. The van der Waals surface area contributed by atoms with Crippen molar-refractivity contribution in [2.45, 2.75) is 9.79 Å². The van der Waals surface area contributed by atoms with Crippen molar-refractivity contribution in [1.29, 1.82) is 0 Å². The van der Waals surface area contributed by atoms with Crippen LogP contribution in [0.15, 0.2) is 68.6 Å². The van der Waals surface area contributed by atoms with Crippen molar-refractivity contribution in [2.24, 2.45) is 10.2 Å². The molecular weight excluding hydrogens is 436 g/mol. The number of rotatable bonds is 5. The fraction of sp³-hybridized carbons (Fsp3) is 0. The predicted octanol–water partition coefficient (Wildman–Crippen LogP) is 2.22. The lowest BCUT2D eigenvalue weighted by atomic mass is 10.2. The second kappa shape index (κ2) is 7.75. The Balaban J connectivity index is 2.09. The SMILES string of the molecule is Nc1nc(-c2ccccc2)nc(N)c1N=Nc1cc(S(=O)(=O)O)ccc1S(=O)(=O)O. The van der Waals surface area contributed by atoms with E-state index in [0.29, 0.717) is 11.6 Å². The molecule has 0 spiro atoms. The molecule has 1 aromatic heterocycles. The fourth-order valence-corrected chi connectivity index (χ4v) is 3.47. The number of nitrogens with zero attached hydrogens (tertiary/aromatic N) is 4. The zero-order chi connectivity index (χ0) is 22.1. The van der Waals surface area contributed by atoms with Crippen LogP contribution in [-0.2, 0) is 20.2 Å². The lowest BCUT2D eigenvalue weighted by Crippen LogP contribution is -2.03. The quantitative estimate of drug-likeness (QED) is 0.328. The van der Waals surface area contributed by atoms with E-state index in [2.05, 4.69) is 20.2 Å². The van der Waals surface area contributed by atoms with Gasteiger partial charge in [0.05, 0.1) is 4.90 Å². The molecule has 0 bridgehead atoms. The molecule has 0 saturated carbocycles. The third-order valence-electron chi connectivity index (χ3n) is 3.73. The normalized spacial score (nSPS) is 12.3. The highest BCUT2D eigenvalue weighted by Gasteiger charge is 2.20. The van der Waals surface area contributed by atoms with Crippen LogP contribution in [0.3, 0.4) is 0 Å². The smallest absolute Gasteiger partial charge is 0.296 e. The van der Waals surface area contributed by atoms with Gasteiger partial charge in [-0.15, -0.1) is 10.2 Å². The summed E-state index contributed by atoms with van der Waals surface area (Å²) < 4.78 is 64.1. The van der Waals surface area contributed by atoms with Gasteiger partial charge in [0.2, 0.25) is 0 Å². The van der Waals surface area contributed by atoms with Gasteiger partial charge in [-0.1, -0.05) is 30.3 Å². The van der Waals surface area contributed by atoms with Crippen LogP contribution in [0.1, 0.15) is 0 Å². The summed E-state index contributed by atoms with van der Waals surface area (Å²) in [6, 6.07) is 11.0. The number of hydrogen-bond acceptors (Lipinski definition) is 10. The summed E-state index contributed by atoms with van der Waals surface area (Å²) in [7, 11) is -9.46. The van der Waals surface area contributed by atoms with Gasteiger partial charge in [0, 0.05) is 5.56 Å². The number of aromatic nitrogens is 2. The number of nitrogen functional groups attached to an aromatic ring is 2. The highest BCUT2D eigenvalue weighted by molar-refractivity contribution is 7.86. The molecule has 6 N–H and O–H groups in total. The first-order valence-electron chi connectivity index (χ1n) is 7.96. The summed E-state index contributed by atoms with van der Waals surface area (Å²) in [6.07, 6.45) is 0. The third-order valence-corrected chi connectivity index (χ3v) is 5.48. The first-order valence-corrected chi connectivity index (χ1v) is 10.8. The van der Waals surface area contributed by atoms with E-state index in [-0.39, 0.29) is 23.1 Å². The summed E-state index contributed by atoms with van der Waals surface area (Å²) in [6.45, 7) is 0. The van der Waals surface area contributed by atoms with Crippen molar-refractivity contribution in [3.05, 3.63) is 48.5 Å². The Morgan fingerprint density at radius 2 is 1.40 bits per heavy atom. The van der Waals surface area contributed by atoms with Crippen molar-refractivity contribution in [3.63, 3.8) is 0 Å². The Bertz CT molecular complexity index is 1340. The molecule has 0 aliphatic carbocycles. The summed E-state index contributed by atoms with van der Waals surface area (Å²) in [5.74, 6) is -0.134. The number of nitrogens with two attached hydrogens (primary N) is 2.